The number of benzene rings is 1. The highest BCUT2D eigenvalue weighted by atomic mass is 19.1. The highest BCUT2D eigenvalue weighted by Gasteiger charge is 2.51. The standard InChI is InChI=1S/C14H17FN2O/c15-11-4-1-3-10(7-11)12-8-17-13(18)14(12)5-2-6-16-9-14/h1,3-4,7,12,16H,2,5-6,8-9H2,(H,17,18). The Bertz CT molecular complexity index is 469. The molecule has 2 aliphatic heterocycles. The molecule has 3 nitrogen and oxygen atoms in total. The number of hydrogen-bond acceptors (Lipinski definition) is 2. The minimum absolute atomic E-state index is 0.0773. The second-order valence-electron chi connectivity index (χ2n) is 5.25. The monoisotopic (exact) mass is 248 g/mol. The van der Waals surface area contributed by atoms with E-state index in [9.17, 15) is 9.18 Å². The lowest BCUT2D eigenvalue weighted by molar-refractivity contribution is -0.129. The third kappa shape index (κ3) is 1.72. The molecular formula is C14H17FN2O. The zero-order chi connectivity index (χ0) is 12.6. The van der Waals surface area contributed by atoms with E-state index in [4.69, 9.17) is 0 Å². The average Bonchev–Trinajstić information content (AvgIpc) is 2.68. The van der Waals surface area contributed by atoms with Crippen molar-refractivity contribution in [3.63, 3.8) is 0 Å². The predicted molar refractivity (Wildman–Crippen MR) is 66.7 cm³/mol. The first-order chi connectivity index (χ1) is 8.72. The van der Waals surface area contributed by atoms with Crippen LogP contribution in [0.3, 0.4) is 0 Å². The first kappa shape index (κ1) is 11.7. The van der Waals surface area contributed by atoms with Crippen LogP contribution in [0, 0.1) is 11.2 Å². The maximum atomic E-state index is 13.4. The molecule has 0 aromatic heterocycles. The van der Waals surface area contributed by atoms with Gasteiger partial charge in [-0.05, 0) is 37.1 Å². The fraction of sp³-hybridized carbons (Fsp3) is 0.500. The summed E-state index contributed by atoms with van der Waals surface area (Å²) in [6.07, 6.45) is 1.88. The van der Waals surface area contributed by atoms with Crippen molar-refractivity contribution in [2.45, 2.75) is 18.8 Å². The Morgan fingerprint density at radius 3 is 3.00 bits per heavy atom. The summed E-state index contributed by atoms with van der Waals surface area (Å²) in [5, 5.41) is 6.25. The minimum Gasteiger partial charge on any atom is -0.355 e. The van der Waals surface area contributed by atoms with E-state index < -0.39 is 0 Å². The molecule has 0 aliphatic carbocycles. The van der Waals surface area contributed by atoms with Crippen LogP contribution in [-0.4, -0.2) is 25.5 Å². The Hall–Kier alpha value is -1.42. The molecule has 2 N–H and O–H groups in total. The lowest BCUT2D eigenvalue weighted by atomic mass is 9.69. The van der Waals surface area contributed by atoms with Gasteiger partial charge in [0.25, 0.3) is 0 Å². The van der Waals surface area contributed by atoms with Crippen molar-refractivity contribution in [2.24, 2.45) is 5.41 Å². The van der Waals surface area contributed by atoms with E-state index in [1.54, 1.807) is 12.1 Å². The summed E-state index contributed by atoms with van der Waals surface area (Å²) in [4.78, 5) is 12.2. The summed E-state index contributed by atoms with van der Waals surface area (Å²) in [7, 11) is 0. The summed E-state index contributed by atoms with van der Waals surface area (Å²) >= 11 is 0. The fourth-order valence-corrected chi connectivity index (χ4v) is 3.30. The lowest BCUT2D eigenvalue weighted by Crippen LogP contribution is -2.47. The highest BCUT2D eigenvalue weighted by molar-refractivity contribution is 5.87. The highest BCUT2D eigenvalue weighted by Crippen LogP contribution is 2.44. The van der Waals surface area contributed by atoms with Crippen LogP contribution in [0.5, 0.6) is 0 Å². The van der Waals surface area contributed by atoms with E-state index in [2.05, 4.69) is 10.6 Å². The van der Waals surface area contributed by atoms with Crippen molar-refractivity contribution < 1.29 is 9.18 Å². The van der Waals surface area contributed by atoms with Gasteiger partial charge in [0.1, 0.15) is 5.82 Å². The van der Waals surface area contributed by atoms with Crippen LogP contribution >= 0.6 is 0 Å². The fourth-order valence-electron chi connectivity index (χ4n) is 3.30. The van der Waals surface area contributed by atoms with Crippen LogP contribution in [-0.2, 0) is 4.79 Å². The van der Waals surface area contributed by atoms with E-state index in [1.807, 2.05) is 6.07 Å². The van der Waals surface area contributed by atoms with E-state index in [0.29, 0.717) is 13.1 Å². The molecule has 2 heterocycles. The summed E-state index contributed by atoms with van der Waals surface area (Å²) in [6, 6.07) is 6.64. The molecule has 2 aliphatic rings. The van der Waals surface area contributed by atoms with Crippen molar-refractivity contribution in [3.05, 3.63) is 35.6 Å². The molecule has 0 bridgehead atoms. The lowest BCUT2D eigenvalue weighted by Gasteiger charge is -2.36. The first-order valence-electron chi connectivity index (χ1n) is 6.47. The third-order valence-corrected chi connectivity index (χ3v) is 4.25. The average molecular weight is 248 g/mol. The molecule has 2 fully saturated rings. The smallest absolute Gasteiger partial charge is 0.228 e. The zero-order valence-electron chi connectivity index (χ0n) is 10.2. The van der Waals surface area contributed by atoms with E-state index in [1.165, 1.54) is 6.07 Å². The first-order valence-corrected chi connectivity index (χ1v) is 6.47. The van der Waals surface area contributed by atoms with Gasteiger partial charge in [0.05, 0.1) is 5.41 Å². The summed E-state index contributed by atoms with van der Waals surface area (Å²) in [5.74, 6) is -0.0387. The normalized spacial score (nSPS) is 31.6. The van der Waals surface area contributed by atoms with Crippen molar-refractivity contribution >= 4 is 5.91 Å². The summed E-state index contributed by atoms with van der Waals surface area (Å²) in [6.45, 7) is 2.27. The molecule has 1 spiro atoms. The molecule has 2 saturated heterocycles. The summed E-state index contributed by atoms with van der Waals surface area (Å²) in [5.41, 5.74) is 0.545. The second-order valence-corrected chi connectivity index (χ2v) is 5.25. The molecule has 96 valence electrons. The molecule has 2 atom stereocenters. The van der Waals surface area contributed by atoms with Crippen LogP contribution in [0.25, 0.3) is 0 Å². The third-order valence-electron chi connectivity index (χ3n) is 4.25. The molecule has 0 saturated carbocycles. The number of nitrogens with one attached hydrogen (secondary N) is 2. The van der Waals surface area contributed by atoms with Gasteiger partial charge in [-0.25, -0.2) is 4.39 Å². The maximum absolute atomic E-state index is 13.4. The summed E-state index contributed by atoms with van der Waals surface area (Å²) < 4.78 is 13.4. The van der Waals surface area contributed by atoms with Gasteiger partial charge in [0.15, 0.2) is 0 Å². The van der Waals surface area contributed by atoms with Crippen molar-refractivity contribution in [2.75, 3.05) is 19.6 Å². The van der Waals surface area contributed by atoms with Gasteiger partial charge in [0.2, 0.25) is 5.91 Å². The quantitative estimate of drug-likeness (QED) is 0.789. The van der Waals surface area contributed by atoms with E-state index in [0.717, 1.165) is 24.9 Å². The SMILES string of the molecule is O=C1NCC(c2cccc(F)c2)C12CCCNC2. The minimum atomic E-state index is -0.383. The van der Waals surface area contributed by atoms with Gasteiger partial charge in [0, 0.05) is 19.0 Å². The maximum Gasteiger partial charge on any atom is 0.228 e. The molecule has 1 aromatic carbocycles. The molecule has 0 radical (unpaired) electrons. The van der Waals surface area contributed by atoms with Crippen molar-refractivity contribution in [1.29, 1.82) is 0 Å². The van der Waals surface area contributed by atoms with Crippen LogP contribution in [0.2, 0.25) is 0 Å². The van der Waals surface area contributed by atoms with Crippen LogP contribution in [0.4, 0.5) is 4.39 Å². The Kier molecular flexibility index (Phi) is 2.82. The number of piperidine rings is 1. The molecule has 2 unspecified atom stereocenters. The van der Waals surface area contributed by atoms with Gasteiger partial charge in [-0.15, -0.1) is 0 Å². The Balaban J connectivity index is 1.98. The number of rotatable bonds is 1. The molecular weight excluding hydrogens is 231 g/mol. The van der Waals surface area contributed by atoms with Gasteiger partial charge >= 0.3 is 0 Å². The largest absolute Gasteiger partial charge is 0.355 e. The van der Waals surface area contributed by atoms with Crippen molar-refractivity contribution in [3.8, 4) is 0 Å². The van der Waals surface area contributed by atoms with Gasteiger partial charge in [-0.2, -0.15) is 0 Å². The zero-order valence-corrected chi connectivity index (χ0v) is 10.2. The van der Waals surface area contributed by atoms with Crippen LogP contribution < -0.4 is 10.6 Å². The predicted octanol–water partition coefficient (Wildman–Crippen LogP) is 1.41. The molecule has 4 heteroatoms. The molecule has 1 aromatic rings. The Morgan fingerprint density at radius 1 is 1.39 bits per heavy atom. The number of carbonyl (C=O) groups is 1. The topological polar surface area (TPSA) is 41.1 Å². The van der Waals surface area contributed by atoms with Gasteiger partial charge < -0.3 is 10.6 Å². The van der Waals surface area contributed by atoms with Crippen molar-refractivity contribution in [1.82, 2.24) is 10.6 Å². The molecule has 18 heavy (non-hydrogen) atoms. The number of amides is 1. The second kappa shape index (κ2) is 4.35. The van der Waals surface area contributed by atoms with E-state index in [-0.39, 0.29) is 23.1 Å². The van der Waals surface area contributed by atoms with E-state index >= 15 is 0 Å². The van der Waals surface area contributed by atoms with Gasteiger partial charge in [-0.3, -0.25) is 4.79 Å². The Labute approximate surface area is 106 Å². The van der Waals surface area contributed by atoms with Crippen LogP contribution in [0.15, 0.2) is 24.3 Å². The molecule has 3 rings (SSSR count). The number of hydrogen-bond donors (Lipinski definition) is 2. The molecule has 1 amide bonds. The van der Waals surface area contributed by atoms with Gasteiger partial charge in [-0.1, -0.05) is 12.1 Å². The van der Waals surface area contributed by atoms with Crippen LogP contribution in [0.1, 0.15) is 24.3 Å². The Morgan fingerprint density at radius 2 is 2.28 bits per heavy atom. The number of halogens is 1. The number of carbonyl (C=O) groups excluding carboxylic acids is 1.